The molecule has 1 atom stereocenters. The third-order valence-electron chi connectivity index (χ3n) is 3.69. The molecular weight excluding hydrogens is 242 g/mol. The summed E-state index contributed by atoms with van der Waals surface area (Å²) in [7, 11) is 2.18. The van der Waals surface area contributed by atoms with Crippen LogP contribution in [0.2, 0.25) is 0 Å². The van der Waals surface area contributed by atoms with Crippen molar-refractivity contribution in [2.24, 2.45) is 5.41 Å². The molecule has 1 saturated carbocycles. The molecule has 1 aromatic rings. The van der Waals surface area contributed by atoms with Gasteiger partial charge < -0.3 is 5.73 Å². The van der Waals surface area contributed by atoms with Crippen LogP contribution >= 0.6 is 23.7 Å². The maximum Gasteiger partial charge on any atom is 0.180 e. The van der Waals surface area contributed by atoms with Crippen molar-refractivity contribution < 1.29 is 0 Å². The average molecular weight is 262 g/mol. The summed E-state index contributed by atoms with van der Waals surface area (Å²) < 4.78 is 0. The van der Waals surface area contributed by atoms with Crippen LogP contribution in [0.25, 0.3) is 0 Å². The number of hydrogen-bond acceptors (Lipinski definition) is 4. The molecule has 2 N–H and O–H groups in total. The number of hydrogen-bond donors (Lipinski definition) is 1. The Kier molecular flexibility index (Phi) is 4.21. The molecule has 2 rings (SSSR count). The van der Waals surface area contributed by atoms with Crippen LogP contribution in [0.15, 0.2) is 6.20 Å². The predicted molar refractivity (Wildman–Crippen MR) is 72.0 cm³/mol. The standard InChI is InChI=1S/C11H19N3S.ClH/c1-8(11(2)4-5-11)14(3)7-9-6-13-10(12)15-9;/h6,8H,4-5,7H2,1-3H3,(H2,12,13);1H. The zero-order chi connectivity index (χ0) is 11.1. The van der Waals surface area contributed by atoms with Crippen molar-refractivity contribution >= 4 is 28.9 Å². The second-order valence-electron chi connectivity index (χ2n) is 4.91. The van der Waals surface area contributed by atoms with Gasteiger partial charge in [-0.3, -0.25) is 4.90 Å². The summed E-state index contributed by atoms with van der Waals surface area (Å²) >= 11 is 1.59. The van der Waals surface area contributed by atoms with E-state index in [1.165, 1.54) is 17.7 Å². The van der Waals surface area contributed by atoms with Gasteiger partial charge in [0.1, 0.15) is 0 Å². The van der Waals surface area contributed by atoms with Gasteiger partial charge in [-0.1, -0.05) is 6.92 Å². The molecule has 16 heavy (non-hydrogen) atoms. The Morgan fingerprint density at radius 1 is 1.62 bits per heavy atom. The molecule has 0 radical (unpaired) electrons. The molecule has 1 aliphatic carbocycles. The van der Waals surface area contributed by atoms with Gasteiger partial charge >= 0.3 is 0 Å². The lowest BCUT2D eigenvalue weighted by Crippen LogP contribution is -2.34. The highest BCUT2D eigenvalue weighted by Gasteiger charge is 2.43. The van der Waals surface area contributed by atoms with Gasteiger partial charge in [-0.2, -0.15) is 0 Å². The summed E-state index contributed by atoms with van der Waals surface area (Å²) in [6, 6.07) is 0.640. The fraction of sp³-hybridized carbons (Fsp3) is 0.727. The number of aromatic nitrogens is 1. The van der Waals surface area contributed by atoms with Gasteiger partial charge in [0.2, 0.25) is 0 Å². The molecule has 1 aromatic heterocycles. The smallest absolute Gasteiger partial charge is 0.180 e. The van der Waals surface area contributed by atoms with Crippen molar-refractivity contribution in [1.82, 2.24) is 9.88 Å². The molecule has 0 amide bonds. The third-order valence-corrected chi connectivity index (χ3v) is 4.50. The lowest BCUT2D eigenvalue weighted by molar-refractivity contribution is 0.179. The third kappa shape index (κ3) is 2.87. The molecule has 0 aliphatic heterocycles. The van der Waals surface area contributed by atoms with Crippen molar-refractivity contribution in [1.29, 1.82) is 0 Å². The van der Waals surface area contributed by atoms with E-state index in [9.17, 15) is 0 Å². The van der Waals surface area contributed by atoms with E-state index in [0.717, 1.165) is 6.54 Å². The van der Waals surface area contributed by atoms with Crippen molar-refractivity contribution in [3.05, 3.63) is 11.1 Å². The summed E-state index contributed by atoms with van der Waals surface area (Å²) in [4.78, 5) is 7.73. The molecule has 0 saturated heterocycles. The number of anilines is 1. The van der Waals surface area contributed by atoms with E-state index in [-0.39, 0.29) is 12.4 Å². The lowest BCUT2D eigenvalue weighted by atomic mass is 10.00. The molecule has 1 heterocycles. The Bertz CT molecular complexity index is 349. The van der Waals surface area contributed by atoms with Gasteiger partial charge in [0, 0.05) is 23.7 Å². The first kappa shape index (κ1) is 13.7. The Morgan fingerprint density at radius 3 is 2.69 bits per heavy atom. The molecule has 92 valence electrons. The highest BCUT2D eigenvalue weighted by Crippen LogP contribution is 2.49. The molecule has 0 bridgehead atoms. The first-order chi connectivity index (χ1) is 7.01. The van der Waals surface area contributed by atoms with E-state index in [0.29, 0.717) is 16.6 Å². The normalized spacial score (nSPS) is 19.2. The van der Waals surface area contributed by atoms with Crippen molar-refractivity contribution in [2.45, 2.75) is 39.3 Å². The molecule has 1 aliphatic rings. The fourth-order valence-electron chi connectivity index (χ4n) is 1.93. The summed E-state index contributed by atoms with van der Waals surface area (Å²) in [5, 5.41) is 0.670. The minimum absolute atomic E-state index is 0. The number of nitrogens with two attached hydrogens (primary N) is 1. The number of halogens is 1. The summed E-state index contributed by atoms with van der Waals surface area (Å²) in [6.07, 6.45) is 4.62. The number of nitrogens with zero attached hydrogens (tertiary/aromatic N) is 2. The maximum atomic E-state index is 5.62. The zero-order valence-electron chi connectivity index (χ0n) is 10.1. The number of thiazole rings is 1. The largest absolute Gasteiger partial charge is 0.375 e. The lowest BCUT2D eigenvalue weighted by Gasteiger charge is -2.29. The van der Waals surface area contributed by atoms with Gasteiger partial charge in [-0.25, -0.2) is 4.98 Å². The molecule has 3 nitrogen and oxygen atoms in total. The molecular formula is C11H20ClN3S. The zero-order valence-corrected chi connectivity index (χ0v) is 11.7. The van der Waals surface area contributed by atoms with Crippen LogP contribution < -0.4 is 5.73 Å². The number of rotatable bonds is 4. The Morgan fingerprint density at radius 2 is 2.25 bits per heavy atom. The minimum Gasteiger partial charge on any atom is -0.375 e. The van der Waals surface area contributed by atoms with Gasteiger partial charge in [0.15, 0.2) is 5.13 Å². The average Bonchev–Trinajstić information content (AvgIpc) is 2.80. The van der Waals surface area contributed by atoms with Gasteiger partial charge in [-0.05, 0) is 32.2 Å². The first-order valence-corrected chi connectivity index (χ1v) is 6.23. The maximum absolute atomic E-state index is 5.62. The van der Waals surface area contributed by atoms with E-state index < -0.39 is 0 Å². The van der Waals surface area contributed by atoms with Gasteiger partial charge in [0.25, 0.3) is 0 Å². The van der Waals surface area contributed by atoms with Crippen molar-refractivity contribution in [3.63, 3.8) is 0 Å². The minimum atomic E-state index is 0. The quantitative estimate of drug-likeness (QED) is 0.906. The first-order valence-electron chi connectivity index (χ1n) is 5.42. The Labute approximate surface area is 107 Å². The molecule has 0 spiro atoms. The van der Waals surface area contributed by atoms with Crippen molar-refractivity contribution in [3.8, 4) is 0 Å². The Hall–Kier alpha value is -0.320. The highest BCUT2D eigenvalue weighted by atomic mass is 35.5. The SMILES string of the molecule is CC(N(C)Cc1cnc(N)s1)C1(C)CC1.Cl. The van der Waals surface area contributed by atoms with Gasteiger partial charge in [-0.15, -0.1) is 23.7 Å². The Balaban J connectivity index is 0.00000128. The predicted octanol–water partition coefficient (Wildman–Crippen LogP) is 2.77. The molecule has 0 aromatic carbocycles. The van der Waals surface area contributed by atoms with Crippen LogP contribution in [0.3, 0.4) is 0 Å². The van der Waals surface area contributed by atoms with Crippen LogP contribution in [0.4, 0.5) is 5.13 Å². The van der Waals surface area contributed by atoms with E-state index in [1.807, 2.05) is 6.20 Å². The van der Waals surface area contributed by atoms with Gasteiger partial charge in [0.05, 0.1) is 0 Å². The second kappa shape index (κ2) is 4.90. The molecule has 5 heteroatoms. The molecule has 1 unspecified atom stereocenters. The highest BCUT2D eigenvalue weighted by molar-refractivity contribution is 7.15. The molecule has 1 fully saturated rings. The van der Waals surface area contributed by atoms with Crippen LogP contribution in [0, 0.1) is 5.41 Å². The van der Waals surface area contributed by atoms with E-state index >= 15 is 0 Å². The summed E-state index contributed by atoms with van der Waals surface area (Å²) in [5.74, 6) is 0. The topological polar surface area (TPSA) is 42.2 Å². The number of nitrogen functional groups attached to an aromatic ring is 1. The van der Waals surface area contributed by atoms with E-state index in [4.69, 9.17) is 5.73 Å². The van der Waals surface area contributed by atoms with Crippen LogP contribution in [-0.2, 0) is 6.54 Å². The van der Waals surface area contributed by atoms with Crippen LogP contribution in [-0.4, -0.2) is 23.0 Å². The van der Waals surface area contributed by atoms with Crippen LogP contribution in [0.5, 0.6) is 0 Å². The summed E-state index contributed by atoms with van der Waals surface area (Å²) in [5.41, 5.74) is 6.16. The second-order valence-corrected chi connectivity index (χ2v) is 6.06. The van der Waals surface area contributed by atoms with Crippen LogP contribution in [0.1, 0.15) is 31.6 Å². The van der Waals surface area contributed by atoms with Crippen molar-refractivity contribution in [2.75, 3.05) is 12.8 Å². The summed E-state index contributed by atoms with van der Waals surface area (Å²) in [6.45, 7) is 5.65. The van der Waals surface area contributed by atoms with E-state index in [2.05, 4.69) is 30.8 Å². The monoisotopic (exact) mass is 261 g/mol. The van der Waals surface area contributed by atoms with E-state index in [1.54, 1.807) is 11.3 Å². The fourth-order valence-corrected chi connectivity index (χ4v) is 2.67.